The lowest BCUT2D eigenvalue weighted by molar-refractivity contribution is 0.100. The van der Waals surface area contributed by atoms with E-state index in [-0.39, 0.29) is 11.5 Å². The highest BCUT2D eigenvalue weighted by molar-refractivity contribution is 7.19. The number of anilines is 2. The van der Waals surface area contributed by atoms with Crippen molar-refractivity contribution in [1.82, 2.24) is 5.16 Å². The molecule has 0 spiro atoms. The number of nitrogens with zero attached hydrogens (tertiary/aromatic N) is 2. The SMILES string of the molecule is CNc1c(C(=O)c2cc(-c3ccc(Cl)c(Cl)c3)no2)sc(NC2CCCC2)c1C#N. The number of hydrogen-bond donors (Lipinski definition) is 2. The molecule has 1 fully saturated rings. The molecule has 0 bridgehead atoms. The number of nitrogens with one attached hydrogen (secondary N) is 2. The quantitative estimate of drug-likeness (QED) is 0.424. The third kappa shape index (κ3) is 3.91. The number of carbonyl (C=O) groups is 1. The fraction of sp³-hybridized carbons (Fsp3) is 0.286. The molecule has 2 heterocycles. The number of thiophene rings is 1. The minimum absolute atomic E-state index is 0.0886. The molecule has 3 aromatic rings. The van der Waals surface area contributed by atoms with Gasteiger partial charge in [-0.05, 0) is 25.0 Å². The number of aromatic nitrogens is 1. The maximum absolute atomic E-state index is 13.2. The third-order valence-corrected chi connectivity index (χ3v) is 6.97. The number of rotatable bonds is 6. The van der Waals surface area contributed by atoms with Crippen LogP contribution < -0.4 is 10.6 Å². The standard InChI is InChI=1S/C21H18Cl2N4O2S/c1-25-18-13(10-24)21(26-12-4-2-3-5-12)30-20(18)19(28)17-9-16(27-29-17)11-6-7-14(22)15(23)8-11/h6-9,12,25-26H,2-5H2,1H3. The fourth-order valence-electron chi connectivity index (χ4n) is 3.58. The monoisotopic (exact) mass is 460 g/mol. The Balaban J connectivity index is 1.66. The number of carbonyl (C=O) groups excluding carboxylic acids is 1. The Labute approximate surface area is 187 Å². The van der Waals surface area contributed by atoms with Gasteiger partial charge < -0.3 is 15.2 Å². The van der Waals surface area contributed by atoms with Crippen molar-refractivity contribution in [3.8, 4) is 17.3 Å². The Bertz CT molecular complexity index is 1140. The zero-order chi connectivity index (χ0) is 21.3. The molecular weight excluding hydrogens is 443 g/mol. The molecule has 30 heavy (non-hydrogen) atoms. The second-order valence-electron chi connectivity index (χ2n) is 7.03. The van der Waals surface area contributed by atoms with Crippen molar-refractivity contribution in [3.63, 3.8) is 0 Å². The number of hydrogen-bond acceptors (Lipinski definition) is 7. The second-order valence-corrected chi connectivity index (χ2v) is 8.87. The molecule has 0 amide bonds. The van der Waals surface area contributed by atoms with Crippen molar-refractivity contribution in [3.05, 3.63) is 50.5 Å². The van der Waals surface area contributed by atoms with Gasteiger partial charge in [0, 0.05) is 24.7 Å². The van der Waals surface area contributed by atoms with Crippen molar-refractivity contribution in [2.75, 3.05) is 17.7 Å². The zero-order valence-corrected chi connectivity index (χ0v) is 18.4. The summed E-state index contributed by atoms with van der Waals surface area (Å²) >= 11 is 13.3. The summed E-state index contributed by atoms with van der Waals surface area (Å²) < 4.78 is 5.32. The van der Waals surface area contributed by atoms with Gasteiger partial charge in [-0.3, -0.25) is 4.79 Å². The molecule has 0 aliphatic heterocycles. The average Bonchev–Trinajstić information content (AvgIpc) is 3.49. The molecule has 6 nitrogen and oxygen atoms in total. The molecular formula is C21H18Cl2N4O2S. The minimum atomic E-state index is -0.334. The summed E-state index contributed by atoms with van der Waals surface area (Å²) in [5.74, 6) is -0.245. The van der Waals surface area contributed by atoms with Gasteiger partial charge in [0.25, 0.3) is 0 Å². The first-order valence-electron chi connectivity index (χ1n) is 9.49. The van der Waals surface area contributed by atoms with Crippen LogP contribution in [0.25, 0.3) is 11.3 Å². The third-order valence-electron chi connectivity index (χ3n) is 5.12. The van der Waals surface area contributed by atoms with E-state index in [0.29, 0.717) is 48.5 Å². The summed E-state index contributed by atoms with van der Waals surface area (Å²) in [5, 5.41) is 21.6. The van der Waals surface area contributed by atoms with Crippen LogP contribution in [0.2, 0.25) is 10.0 Å². The number of halogens is 2. The molecule has 4 rings (SSSR count). The van der Waals surface area contributed by atoms with Crippen molar-refractivity contribution >= 4 is 51.0 Å². The van der Waals surface area contributed by atoms with Gasteiger partial charge >= 0.3 is 0 Å². The Kier molecular flexibility index (Phi) is 6.00. The number of ketones is 1. The van der Waals surface area contributed by atoms with Crippen molar-refractivity contribution in [2.45, 2.75) is 31.7 Å². The maximum Gasteiger partial charge on any atom is 0.243 e. The summed E-state index contributed by atoms with van der Waals surface area (Å²) in [7, 11) is 1.69. The summed E-state index contributed by atoms with van der Waals surface area (Å²) in [6.45, 7) is 0. The van der Waals surface area contributed by atoms with Crippen LogP contribution in [-0.4, -0.2) is 24.0 Å². The Hall–Kier alpha value is -2.53. The van der Waals surface area contributed by atoms with E-state index < -0.39 is 0 Å². The number of benzene rings is 1. The normalized spacial score (nSPS) is 13.9. The molecule has 1 saturated carbocycles. The maximum atomic E-state index is 13.2. The zero-order valence-electron chi connectivity index (χ0n) is 16.1. The lowest BCUT2D eigenvalue weighted by Crippen LogP contribution is -2.14. The van der Waals surface area contributed by atoms with E-state index in [0.717, 1.165) is 12.8 Å². The van der Waals surface area contributed by atoms with E-state index in [1.54, 1.807) is 31.3 Å². The highest BCUT2D eigenvalue weighted by atomic mass is 35.5. The van der Waals surface area contributed by atoms with E-state index >= 15 is 0 Å². The highest BCUT2D eigenvalue weighted by Gasteiger charge is 2.27. The van der Waals surface area contributed by atoms with Crippen molar-refractivity contribution in [1.29, 1.82) is 5.26 Å². The fourth-order valence-corrected chi connectivity index (χ4v) is 5.06. The lowest BCUT2D eigenvalue weighted by Gasteiger charge is -2.11. The van der Waals surface area contributed by atoms with E-state index in [4.69, 9.17) is 27.7 Å². The van der Waals surface area contributed by atoms with Crippen LogP contribution in [0, 0.1) is 11.3 Å². The van der Waals surface area contributed by atoms with E-state index in [2.05, 4.69) is 21.9 Å². The Morgan fingerprint density at radius 3 is 2.70 bits per heavy atom. The molecule has 0 unspecified atom stereocenters. The van der Waals surface area contributed by atoms with Crippen LogP contribution in [0.3, 0.4) is 0 Å². The minimum Gasteiger partial charge on any atom is -0.386 e. The van der Waals surface area contributed by atoms with Crippen LogP contribution in [0.1, 0.15) is 46.7 Å². The van der Waals surface area contributed by atoms with Gasteiger partial charge in [0.05, 0.1) is 15.7 Å². The Morgan fingerprint density at radius 2 is 2.03 bits per heavy atom. The van der Waals surface area contributed by atoms with Gasteiger partial charge in [-0.25, -0.2) is 0 Å². The van der Waals surface area contributed by atoms with Crippen LogP contribution in [0.4, 0.5) is 10.7 Å². The largest absolute Gasteiger partial charge is 0.386 e. The lowest BCUT2D eigenvalue weighted by atomic mass is 10.1. The van der Waals surface area contributed by atoms with Gasteiger partial charge in [0.2, 0.25) is 11.5 Å². The molecule has 154 valence electrons. The Morgan fingerprint density at radius 1 is 1.27 bits per heavy atom. The van der Waals surface area contributed by atoms with E-state index in [1.807, 2.05) is 0 Å². The molecule has 1 aromatic carbocycles. The first-order valence-corrected chi connectivity index (χ1v) is 11.1. The predicted molar refractivity (Wildman–Crippen MR) is 120 cm³/mol. The van der Waals surface area contributed by atoms with Crippen molar-refractivity contribution in [2.24, 2.45) is 0 Å². The highest BCUT2D eigenvalue weighted by Crippen LogP contribution is 2.40. The molecule has 1 aliphatic rings. The molecule has 2 aromatic heterocycles. The smallest absolute Gasteiger partial charge is 0.243 e. The van der Waals surface area contributed by atoms with Gasteiger partial charge in [0.1, 0.15) is 27.2 Å². The molecule has 9 heteroatoms. The summed E-state index contributed by atoms with van der Waals surface area (Å²) in [6, 6.07) is 9.19. The van der Waals surface area contributed by atoms with Gasteiger partial charge in [-0.1, -0.05) is 47.3 Å². The predicted octanol–water partition coefficient (Wildman–Crippen LogP) is 6.21. The second kappa shape index (κ2) is 8.68. The van der Waals surface area contributed by atoms with Crippen LogP contribution in [-0.2, 0) is 0 Å². The van der Waals surface area contributed by atoms with Crippen LogP contribution in [0.5, 0.6) is 0 Å². The molecule has 0 saturated heterocycles. The van der Waals surface area contributed by atoms with Crippen molar-refractivity contribution < 1.29 is 9.32 Å². The molecule has 0 atom stereocenters. The molecule has 0 radical (unpaired) electrons. The van der Waals surface area contributed by atoms with Crippen LogP contribution in [0.15, 0.2) is 28.8 Å². The topological polar surface area (TPSA) is 90.9 Å². The molecule has 1 aliphatic carbocycles. The summed E-state index contributed by atoms with van der Waals surface area (Å²) in [6.07, 6.45) is 4.47. The summed E-state index contributed by atoms with van der Waals surface area (Å²) in [4.78, 5) is 13.6. The van der Waals surface area contributed by atoms with Crippen LogP contribution >= 0.6 is 34.5 Å². The average molecular weight is 461 g/mol. The first-order chi connectivity index (χ1) is 14.5. The number of nitriles is 1. The first kappa shape index (κ1) is 20.7. The van der Waals surface area contributed by atoms with E-state index in [9.17, 15) is 10.1 Å². The van der Waals surface area contributed by atoms with Gasteiger partial charge in [0.15, 0.2) is 0 Å². The molecule has 2 N–H and O–H groups in total. The van der Waals surface area contributed by atoms with E-state index in [1.165, 1.54) is 24.2 Å². The van der Waals surface area contributed by atoms with Gasteiger partial charge in [-0.2, -0.15) is 5.26 Å². The summed E-state index contributed by atoms with van der Waals surface area (Å²) in [5.41, 5.74) is 2.11. The van der Waals surface area contributed by atoms with Gasteiger partial charge in [-0.15, -0.1) is 11.3 Å².